The normalized spacial score (nSPS) is 23.3. The number of aliphatic hydroxyl groups is 1. The number of urea groups is 3. The van der Waals surface area contributed by atoms with Crippen LogP contribution in [0.4, 0.5) is 28.8 Å². The molecule has 12 amide bonds. The second-order valence-electron chi connectivity index (χ2n) is 24.1. The summed E-state index contributed by atoms with van der Waals surface area (Å²) >= 11 is 0. The molecule has 24 heteroatoms. The summed E-state index contributed by atoms with van der Waals surface area (Å²) in [6, 6.07) is 46.5. The van der Waals surface area contributed by atoms with Crippen LogP contribution in [0.3, 0.4) is 0 Å². The average molecular weight is 1310 g/mol. The zero-order chi connectivity index (χ0) is 68.2. The predicted molar refractivity (Wildman–Crippen MR) is 353 cm³/mol. The molecular formula is C71H90N10O14. The van der Waals surface area contributed by atoms with Crippen LogP contribution in [0.2, 0.25) is 0 Å². The molecule has 0 aromatic heterocycles. The van der Waals surface area contributed by atoms with Gasteiger partial charge in [-0.15, -0.1) is 0 Å². The van der Waals surface area contributed by atoms with Crippen LogP contribution in [-0.2, 0) is 66.3 Å². The summed E-state index contributed by atoms with van der Waals surface area (Å²) in [7, 11) is 1.00. The molecule has 3 saturated heterocycles. The van der Waals surface area contributed by atoms with E-state index in [-0.39, 0.29) is 86.1 Å². The number of rotatable bonds is 13. The minimum atomic E-state index is -0.863. The van der Waals surface area contributed by atoms with E-state index in [0.717, 1.165) is 60.6 Å². The molecule has 0 atom stereocenters. The molecule has 3 heterocycles. The largest absolute Gasteiger partial charge is 0.445 e. The first-order valence-electron chi connectivity index (χ1n) is 32.6. The quantitative estimate of drug-likeness (QED) is 0.0392. The van der Waals surface area contributed by atoms with Crippen molar-refractivity contribution < 1.29 is 67.3 Å². The van der Waals surface area contributed by atoms with Gasteiger partial charge in [0.1, 0.15) is 42.2 Å². The van der Waals surface area contributed by atoms with E-state index in [1.165, 1.54) is 9.80 Å². The van der Waals surface area contributed by atoms with Crippen LogP contribution in [0, 0.1) is 0 Å². The fraction of sp³-hybridized carbons (Fsp3) is 0.437. The number of benzene rings is 5. The molecule has 95 heavy (non-hydrogen) atoms. The molecule has 0 radical (unpaired) electrons. The fourth-order valence-corrected chi connectivity index (χ4v) is 12.3. The molecule has 4 saturated carbocycles. The number of aliphatic hydroxyl groups excluding tert-OH is 1. The lowest BCUT2D eigenvalue weighted by Gasteiger charge is -2.35. The predicted octanol–water partition coefficient (Wildman–Crippen LogP) is 9.22. The standard InChI is InChI=1S/C23H25N3O4.C16H19N3O4.C15H19N3O2.C14H17NO3.C2H6.CH4O/c27-20-23(25-21(28)26(20)15-17-7-3-1-4-8-17)13-11-19(12-14-23)24-22(29)30-16-18-9-5-2-6-10-18;20-13-16(19-14(21)18-13)8-6-12(7-9-16)17-15(22)23-10-11-4-2-1-3-5-11;16-12-6-8-15(9-7-12)13(19)18(14(20)17-15)10-11-4-2-1-3-5-11;16-13-8-6-12(7-9-13)15-14(17)18-10-11-4-2-1-3-5-11;2*1-2/h1-10,19H,11-16H2,(H,24,29)(H,25,28);1-5,12H,6-10H2,(H,17,22)(H2,18,19,20,21);1-5,12H,6-10,16H2,(H,17,20);1-5,12H,6-10H2,(H,15,17);1-2H3;2H,1H3. The molecule has 0 unspecified atom stereocenters. The third-order valence-corrected chi connectivity index (χ3v) is 17.6. The molecule has 24 nitrogen and oxygen atoms in total. The van der Waals surface area contributed by atoms with Gasteiger partial charge in [-0.1, -0.05) is 166 Å². The highest BCUT2D eigenvalue weighted by Gasteiger charge is 2.54. The maximum absolute atomic E-state index is 13.0. The van der Waals surface area contributed by atoms with Gasteiger partial charge in [-0.3, -0.25) is 34.3 Å². The maximum Gasteiger partial charge on any atom is 0.407 e. The van der Waals surface area contributed by atoms with Crippen molar-refractivity contribution in [1.29, 1.82) is 0 Å². The van der Waals surface area contributed by atoms with E-state index < -0.39 is 40.9 Å². The number of amides is 12. The van der Waals surface area contributed by atoms with Crippen molar-refractivity contribution >= 4 is 59.9 Å². The van der Waals surface area contributed by atoms with E-state index >= 15 is 0 Å². The van der Waals surface area contributed by atoms with Crippen molar-refractivity contribution in [3.05, 3.63) is 179 Å². The number of carbonyl (C=O) groups is 10. The number of ketones is 1. The number of hydrogen-bond acceptors (Lipinski definition) is 15. The Kier molecular flexibility index (Phi) is 27.6. The summed E-state index contributed by atoms with van der Waals surface area (Å²) in [5.74, 6) is -0.266. The van der Waals surface area contributed by atoms with Crippen molar-refractivity contribution in [2.24, 2.45) is 5.73 Å². The van der Waals surface area contributed by atoms with Crippen molar-refractivity contribution in [3.8, 4) is 0 Å². The molecule has 5 aromatic carbocycles. The zero-order valence-electron chi connectivity index (χ0n) is 54.3. The maximum atomic E-state index is 13.0. The van der Waals surface area contributed by atoms with E-state index in [1.54, 1.807) is 0 Å². The minimum absolute atomic E-state index is 0.0470. The van der Waals surface area contributed by atoms with Crippen LogP contribution >= 0.6 is 0 Å². The number of nitrogens with one attached hydrogen (secondary N) is 7. The third-order valence-electron chi connectivity index (χ3n) is 17.6. The summed E-state index contributed by atoms with van der Waals surface area (Å²) in [4.78, 5) is 122. The van der Waals surface area contributed by atoms with E-state index in [4.69, 9.17) is 25.1 Å². The van der Waals surface area contributed by atoms with Gasteiger partial charge in [0.15, 0.2) is 0 Å². The molecule has 0 bridgehead atoms. The lowest BCUT2D eigenvalue weighted by atomic mass is 9.79. The van der Waals surface area contributed by atoms with Crippen molar-refractivity contribution in [2.75, 3.05) is 7.11 Å². The number of alkyl carbamates (subject to hydrolysis) is 3. The Bertz CT molecular complexity index is 3320. The average Bonchev–Trinajstić information content (AvgIpc) is 1.64. The lowest BCUT2D eigenvalue weighted by molar-refractivity contribution is -0.133. The number of ether oxygens (including phenoxy) is 3. The number of hydrogen-bond donors (Lipinski definition) is 9. The second-order valence-corrected chi connectivity index (χ2v) is 24.1. The first kappa shape index (κ1) is 72.7. The van der Waals surface area contributed by atoms with Crippen LogP contribution in [0.15, 0.2) is 152 Å². The Hall–Kier alpha value is -9.68. The van der Waals surface area contributed by atoms with Gasteiger partial charge in [0.05, 0.1) is 13.1 Å². The van der Waals surface area contributed by atoms with E-state index in [2.05, 4.69) is 37.2 Å². The van der Waals surface area contributed by atoms with Gasteiger partial charge >= 0.3 is 36.4 Å². The van der Waals surface area contributed by atoms with Crippen molar-refractivity contribution in [3.63, 3.8) is 0 Å². The van der Waals surface area contributed by atoms with Gasteiger partial charge in [0, 0.05) is 44.1 Å². The molecule has 4 aliphatic carbocycles. The van der Waals surface area contributed by atoms with Crippen molar-refractivity contribution in [2.45, 2.75) is 190 Å². The molecule has 10 N–H and O–H groups in total. The summed E-state index contributed by atoms with van der Waals surface area (Å²) in [6.07, 6.45) is 8.53. The Labute approximate surface area is 554 Å². The molecule has 508 valence electrons. The topological polar surface area (TPSA) is 335 Å². The third kappa shape index (κ3) is 21.2. The number of imide groups is 3. The molecular weight excluding hydrogens is 1220 g/mol. The Morgan fingerprint density at radius 1 is 0.442 bits per heavy atom. The van der Waals surface area contributed by atoms with E-state index in [0.29, 0.717) is 83.6 Å². The first-order chi connectivity index (χ1) is 46.0. The zero-order valence-corrected chi connectivity index (χ0v) is 54.3. The highest BCUT2D eigenvalue weighted by Crippen LogP contribution is 2.36. The highest BCUT2D eigenvalue weighted by molar-refractivity contribution is 6.08. The monoisotopic (exact) mass is 1310 g/mol. The highest BCUT2D eigenvalue weighted by atomic mass is 16.6. The Balaban J connectivity index is 0.000000179. The van der Waals surface area contributed by atoms with Crippen LogP contribution in [0.5, 0.6) is 0 Å². The first-order valence-corrected chi connectivity index (χ1v) is 32.6. The van der Waals surface area contributed by atoms with Gasteiger partial charge in [0.25, 0.3) is 17.7 Å². The molecule has 5 aromatic rings. The van der Waals surface area contributed by atoms with Gasteiger partial charge in [-0.25, -0.2) is 28.8 Å². The summed E-state index contributed by atoms with van der Waals surface area (Å²) < 4.78 is 15.6. The number of nitrogens with zero attached hydrogens (tertiary/aromatic N) is 2. The number of Topliss-reactive ketones (excluding diaryl/α,β-unsaturated/α-hetero) is 1. The molecule has 7 fully saturated rings. The van der Waals surface area contributed by atoms with Gasteiger partial charge in [-0.2, -0.15) is 0 Å². The second kappa shape index (κ2) is 36.1. The smallest absolute Gasteiger partial charge is 0.407 e. The molecule has 3 aliphatic heterocycles. The SMILES string of the molecule is CC.CO.NC1CCC2(CC1)NC(=O)N(Cc1ccccc1)C2=O.O=C(NC1CCC2(CC1)NC(=O)N(Cc1ccccc1)C2=O)OCc1ccccc1.O=C1CCC(NC(=O)OCc2ccccc2)CC1.O=C1NC(=O)C2(CCC(NC(=O)OCc3ccccc3)CC2)N1. The summed E-state index contributed by atoms with van der Waals surface area (Å²) in [6.45, 7) is 5.31. The van der Waals surface area contributed by atoms with Gasteiger partial charge in [0.2, 0.25) is 0 Å². The van der Waals surface area contributed by atoms with Crippen LogP contribution in [0.25, 0.3) is 0 Å². The van der Waals surface area contributed by atoms with Crippen molar-refractivity contribution in [1.82, 2.24) is 47.0 Å². The van der Waals surface area contributed by atoms with Crippen LogP contribution < -0.4 is 43.0 Å². The minimum Gasteiger partial charge on any atom is -0.445 e. The fourth-order valence-electron chi connectivity index (χ4n) is 12.3. The Morgan fingerprint density at radius 2 is 0.737 bits per heavy atom. The molecule has 12 rings (SSSR count). The van der Waals surface area contributed by atoms with E-state index in [1.807, 2.05) is 166 Å². The molecule has 7 aliphatic rings. The van der Waals surface area contributed by atoms with E-state index in [9.17, 15) is 47.9 Å². The summed E-state index contributed by atoms with van der Waals surface area (Å²) in [5.41, 5.74) is 8.20. The number of carbonyl (C=O) groups excluding carboxylic acids is 10. The van der Waals surface area contributed by atoms with Crippen LogP contribution in [-0.4, -0.2) is 123 Å². The van der Waals surface area contributed by atoms with Gasteiger partial charge < -0.3 is 57.0 Å². The Morgan fingerprint density at radius 3 is 1.05 bits per heavy atom. The summed E-state index contributed by atoms with van der Waals surface area (Å²) in [5, 5.41) is 26.2. The van der Waals surface area contributed by atoms with Crippen LogP contribution in [0.1, 0.15) is 144 Å². The lowest BCUT2D eigenvalue weighted by Crippen LogP contribution is -2.52. The number of nitrogens with two attached hydrogens (primary N) is 1. The molecule has 3 spiro atoms. The van der Waals surface area contributed by atoms with Gasteiger partial charge in [-0.05, 0) is 118 Å².